The number of benzene rings is 3. The monoisotopic (exact) mass is 470 g/mol. The smallest absolute Gasteiger partial charge is 0.335 e. The molecule has 1 aliphatic rings. The average Bonchev–Trinajstić information content (AvgIpc) is 3.28. The first-order valence-corrected chi connectivity index (χ1v) is 12.4. The van der Waals surface area contributed by atoms with E-state index in [9.17, 15) is 9.90 Å². The third kappa shape index (κ3) is 4.87. The first kappa shape index (κ1) is 23.0. The standard InChI is InChI=1S/C29H30N2O4/c1-2-18-34-26-10-6-7-11-27(26)35-23-15-12-20(13-16-23)28-30-24-19-21(29(32)33)14-17-25(24)31(28)22-8-4-3-5-9-22/h6-7,10-17,19,22H,2-5,8-9,18H2,1H3,(H,32,33). The molecule has 0 saturated heterocycles. The van der Waals surface area contributed by atoms with Crippen LogP contribution in [0.25, 0.3) is 22.4 Å². The molecule has 0 atom stereocenters. The number of carboxylic acids is 1. The van der Waals surface area contributed by atoms with Gasteiger partial charge in [-0.05, 0) is 73.9 Å². The SMILES string of the molecule is CCCOc1ccccc1Oc1ccc(-c2nc3cc(C(=O)O)ccc3n2C2CCCCC2)cc1. The van der Waals surface area contributed by atoms with Crippen LogP contribution in [0.1, 0.15) is 61.8 Å². The molecular weight excluding hydrogens is 440 g/mol. The predicted molar refractivity (Wildman–Crippen MR) is 137 cm³/mol. The van der Waals surface area contributed by atoms with Gasteiger partial charge in [0.05, 0.1) is 23.2 Å². The zero-order chi connectivity index (χ0) is 24.2. The van der Waals surface area contributed by atoms with Crippen molar-refractivity contribution in [2.45, 2.75) is 51.5 Å². The van der Waals surface area contributed by atoms with Crippen LogP contribution in [0.5, 0.6) is 17.2 Å². The van der Waals surface area contributed by atoms with Crippen molar-refractivity contribution < 1.29 is 19.4 Å². The van der Waals surface area contributed by atoms with Crippen LogP contribution in [0.3, 0.4) is 0 Å². The van der Waals surface area contributed by atoms with E-state index >= 15 is 0 Å². The summed E-state index contributed by atoms with van der Waals surface area (Å²) in [6, 6.07) is 21.2. The zero-order valence-electron chi connectivity index (χ0n) is 19.9. The number of ether oxygens (including phenoxy) is 2. The molecule has 0 aliphatic heterocycles. The fraction of sp³-hybridized carbons (Fsp3) is 0.310. The maximum atomic E-state index is 11.5. The molecule has 5 rings (SSSR count). The van der Waals surface area contributed by atoms with Crippen molar-refractivity contribution in [3.63, 3.8) is 0 Å². The van der Waals surface area contributed by atoms with Crippen molar-refractivity contribution >= 4 is 17.0 Å². The molecule has 1 fully saturated rings. The third-order valence-corrected chi connectivity index (χ3v) is 6.53. The van der Waals surface area contributed by atoms with Crippen LogP contribution in [0, 0.1) is 0 Å². The van der Waals surface area contributed by atoms with Crippen LogP contribution in [0.4, 0.5) is 0 Å². The summed E-state index contributed by atoms with van der Waals surface area (Å²) in [7, 11) is 0. The van der Waals surface area contributed by atoms with Crippen LogP contribution in [0.15, 0.2) is 66.7 Å². The molecule has 0 spiro atoms. The first-order chi connectivity index (χ1) is 17.1. The average molecular weight is 471 g/mol. The second-order valence-corrected chi connectivity index (χ2v) is 9.03. The van der Waals surface area contributed by atoms with E-state index in [1.165, 1.54) is 19.3 Å². The Morgan fingerprint density at radius 1 is 1.00 bits per heavy atom. The Hall–Kier alpha value is -3.80. The summed E-state index contributed by atoms with van der Waals surface area (Å²) in [4.78, 5) is 16.4. The molecule has 0 amide bonds. The summed E-state index contributed by atoms with van der Waals surface area (Å²) in [5.74, 6) is 2.06. The second-order valence-electron chi connectivity index (χ2n) is 9.03. The number of fused-ring (bicyclic) bond motifs is 1. The van der Waals surface area contributed by atoms with Gasteiger partial charge in [-0.3, -0.25) is 0 Å². The molecule has 1 aliphatic carbocycles. The Morgan fingerprint density at radius 2 is 1.74 bits per heavy atom. The Labute approximate surface area is 205 Å². The largest absolute Gasteiger partial charge is 0.490 e. The Balaban J connectivity index is 1.49. The predicted octanol–water partition coefficient (Wildman–Crippen LogP) is 7.49. The Kier molecular flexibility index (Phi) is 6.70. The van der Waals surface area contributed by atoms with E-state index in [0.29, 0.717) is 23.9 Å². The molecule has 1 heterocycles. The van der Waals surface area contributed by atoms with Crippen molar-refractivity contribution in [1.29, 1.82) is 0 Å². The number of carbonyl (C=O) groups is 1. The van der Waals surface area contributed by atoms with Gasteiger partial charge in [-0.25, -0.2) is 9.78 Å². The third-order valence-electron chi connectivity index (χ3n) is 6.53. The zero-order valence-corrected chi connectivity index (χ0v) is 19.9. The highest BCUT2D eigenvalue weighted by Crippen LogP contribution is 2.37. The molecule has 4 aromatic rings. The minimum absolute atomic E-state index is 0.255. The number of rotatable bonds is 8. The van der Waals surface area contributed by atoms with E-state index in [-0.39, 0.29) is 5.56 Å². The fourth-order valence-electron chi connectivity index (χ4n) is 4.81. The van der Waals surface area contributed by atoms with Crippen molar-refractivity contribution in [2.24, 2.45) is 0 Å². The van der Waals surface area contributed by atoms with Crippen LogP contribution >= 0.6 is 0 Å². The maximum Gasteiger partial charge on any atom is 0.335 e. The van der Waals surface area contributed by atoms with Gasteiger partial charge in [0, 0.05) is 11.6 Å². The molecular formula is C29H30N2O4. The number of carboxylic acid groups (broad SMARTS) is 1. The number of hydrogen-bond acceptors (Lipinski definition) is 4. The number of imidazole rings is 1. The van der Waals surface area contributed by atoms with Crippen molar-refractivity contribution in [1.82, 2.24) is 9.55 Å². The number of aromatic nitrogens is 2. The summed E-state index contributed by atoms with van der Waals surface area (Å²) < 4.78 is 14.3. The lowest BCUT2D eigenvalue weighted by Crippen LogP contribution is -2.14. The number of nitrogens with zero attached hydrogens (tertiary/aromatic N) is 2. The highest BCUT2D eigenvalue weighted by Gasteiger charge is 2.23. The molecule has 6 nitrogen and oxygen atoms in total. The van der Waals surface area contributed by atoms with Crippen LogP contribution in [0.2, 0.25) is 0 Å². The minimum Gasteiger partial charge on any atom is -0.490 e. The van der Waals surface area contributed by atoms with E-state index in [1.807, 2.05) is 54.6 Å². The molecule has 0 bridgehead atoms. The van der Waals surface area contributed by atoms with E-state index in [2.05, 4.69) is 11.5 Å². The van der Waals surface area contributed by atoms with Crippen LogP contribution < -0.4 is 9.47 Å². The summed E-state index contributed by atoms with van der Waals surface area (Å²) in [6.07, 6.45) is 6.80. The van der Waals surface area contributed by atoms with E-state index in [1.54, 1.807) is 12.1 Å². The van der Waals surface area contributed by atoms with E-state index < -0.39 is 5.97 Å². The van der Waals surface area contributed by atoms with E-state index in [0.717, 1.165) is 47.7 Å². The van der Waals surface area contributed by atoms with E-state index in [4.69, 9.17) is 14.5 Å². The highest BCUT2D eigenvalue weighted by molar-refractivity contribution is 5.93. The molecule has 6 heteroatoms. The highest BCUT2D eigenvalue weighted by atomic mass is 16.5. The molecule has 1 saturated carbocycles. The lowest BCUT2D eigenvalue weighted by atomic mass is 9.95. The van der Waals surface area contributed by atoms with Gasteiger partial charge in [0.1, 0.15) is 11.6 Å². The second kappa shape index (κ2) is 10.2. The summed E-state index contributed by atoms with van der Waals surface area (Å²) >= 11 is 0. The maximum absolute atomic E-state index is 11.5. The fourth-order valence-corrected chi connectivity index (χ4v) is 4.81. The molecule has 3 aromatic carbocycles. The Morgan fingerprint density at radius 3 is 2.46 bits per heavy atom. The van der Waals surface area contributed by atoms with Gasteiger partial charge in [0.2, 0.25) is 0 Å². The first-order valence-electron chi connectivity index (χ1n) is 12.4. The van der Waals surface area contributed by atoms with Gasteiger partial charge in [-0.15, -0.1) is 0 Å². The lowest BCUT2D eigenvalue weighted by Gasteiger charge is -2.25. The molecule has 35 heavy (non-hydrogen) atoms. The molecule has 0 radical (unpaired) electrons. The van der Waals surface area contributed by atoms with Gasteiger partial charge >= 0.3 is 5.97 Å². The van der Waals surface area contributed by atoms with Gasteiger partial charge in [-0.1, -0.05) is 38.3 Å². The number of para-hydroxylation sites is 2. The lowest BCUT2D eigenvalue weighted by molar-refractivity contribution is 0.0697. The molecule has 1 aromatic heterocycles. The summed E-state index contributed by atoms with van der Waals surface area (Å²) in [5, 5.41) is 9.45. The molecule has 180 valence electrons. The normalized spacial score (nSPS) is 14.2. The van der Waals surface area contributed by atoms with Crippen molar-refractivity contribution in [3.05, 3.63) is 72.3 Å². The van der Waals surface area contributed by atoms with Crippen LogP contribution in [-0.2, 0) is 0 Å². The Bertz CT molecular complexity index is 1320. The summed E-state index contributed by atoms with van der Waals surface area (Å²) in [5.41, 5.74) is 2.93. The topological polar surface area (TPSA) is 73.6 Å². The van der Waals surface area contributed by atoms with Gasteiger partial charge < -0.3 is 19.1 Å². The van der Waals surface area contributed by atoms with Crippen molar-refractivity contribution in [2.75, 3.05) is 6.61 Å². The molecule has 0 unspecified atom stereocenters. The summed E-state index contributed by atoms with van der Waals surface area (Å²) in [6.45, 7) is 2.71. The minimum atomic E-state index is -0.939. The number of aromatic carboxylic acids is 1. The number of hydrogen-bond donors (Lipinski definition) is 1. The molecule has 1 N–H and O–H groups in total. The van der Waals surface area contributed by atoms with Gasteiger partial charge in [-0.2, -0.15) is 0 Å². The van der Waals surface area contributed by atoms with Crippen molar-refractivity contribution in [3.8, 4) is 28.6 Å². The van der Waals surface area contributed by atoms with Gasteiger partial charge in [0.25, 0.3) is 0 Å². The van der Waals surface area contributed by atoms with Crippen LogP contribution in [-0.4, -0.2) is 27.2 Å². The van der Waals surface area contributed by atoms with Gasteiger partial charge in [0.15, 0.2) is 11.5 Å². The quantitative estimate of drug-likeness (QED) is 0.289.